The SMILES string of the molecule is Cc1csc(C(C)NC(=O)c2nnc3n2CCCCC3)n1. The maximum absolute atomic E-state index is 12.4. The van der Waals surface area contributed by atoms with Crippen LogP contribution >= 0.6 is 11.3 Å². The largest absolute Gasteiger partial charge is 0.340 e. The summed E-state index contributed by atoms with van der Waals surface area (Å²) in [6.07, 6.45) is 4.28. The monoisotopic (exact) mass is 305 g/mol. The molecule has 3 rings (SSSR count). The van der Waals surface area contributed by atoms with Crippen LogP contribution in [0, 0.1) is 6.92 Å². The van der Waals surface area contributed by atoms with E-state index in [0.717, 1.165) is 42.3 Å². The maximum atomic E-state index is 12.4. The Morgan fingerprint density at radius 1 is 1.38 bits per heavy atom. The van der Waals surface area contributed by atoms with Crippen LogP contribution < -0.4 is 5.32 Å². The van der Waals surface area contributed by atoms with Gasteiger partial charge in [0.2, 0.25) is 5.82 Å². The number of amides is 1. The van der Waals surface area contributed by atoms with Crippen molar-refractivity contribution in [2.45, 2.75) is 52.1 Å². The van der Waals surface area contributed by atoms with Crippen molar-refractivity contribution in [1.82, 2.24) is 25.1 Å². The zero-order valence-corrected chi connectivity index (χ0v) is 13.1. The van der Waals surface area contributed by atoms with E-state index in [4.69, 9.17) is 0 Å². The molecule has 1 atom stereocenters. The first kappa shape index (κ1) is 14.2. The summed E-state index contributed by atoms with van der Waals surface area (Å²) in [4.78, 5) is 16.8. The molecule has 0 radical (unpaired) electrons. The fourth-order valence-electron chi connectivity index (χ4n) is 2.55. The maximum Gasteiger partial charge on any atom is 0.289 e. The Morgan fingerprint density at radius 2 is 2.24 bits per heavy atom. The van der Waals surface area contributed by atoms with E-state index in [1.165, 1.54) is 6.42 Å². The molecule has 2 aromatic rings. The molecule has 1 unspecified atom stereocenters. The molecule has 0 aromatic carbocycles. The van der Waals surface area contributed by atoms with E-state index < -0.39 is 0 Å². The number of carbonyl (C=O) groups is 1. The molecule has 6 nitrogen and oxygen atoms in total. The fraction of sp³-hybridized carbons (Fsp3) is 0.571. The van der Waals surface area contributed by atoms with Crippen LogP contribution in [0.5, 0.6) is 0 Å². The molecule has 7 heteroatoms. The van der Waals surface area contributed by atoms with E-state index in [0.29, 0.717) is 5.82 Å². The summed E-state index contributed by atoms with van der Waals surface area (Å²) < 4.78 is 1.96. The zero-order chi connectivity index (χ0) is 14.8. The third-order valence-electron chi connectivity index (χ3n) is 3.67. The average molecular weight is 305 g/mol. The van der Waals surface area contributed by atoms with Gasteiger partial charge in [-0.2, -0.15) is 0 Å². The van der Waals surface area contributed by atoms with E-state index in [9.17, 15) is 4.79 Å². The lowest BCUT2D eigenvalue weighted by Gasteiger charge is -2.12. The summed E-state index contributed by atoms with van der Waals surface area (Å²) in [6, 6.07) is -0.116. The molecule has 0 fully saturated rings. The molecule has 1 N–H and O–H groups in total. The van der Waals surface area contributed by atoms with E-state index in [1.54, 1.807) is 11.3 Å². The summed E-state index contributed by atoms with van der Waals surface area (Å²) in [7, 11) is 0. The van der Waals surface area contributed by atoms with Crippen molar-refractivity contribution in [1.29, 1.82) is 0 Å². The first-order valence-electron chi connectivity index (χ1n) is 7.30. The number of aromatic nitrogens is 4. The van der Waals surface area contributed by atoms with Crippen LogP contribution in [0.15, 0.2) is 5.38 Å². The quantitative estimate of drug-likeness (QED) is 0.944. The van der Waals surface area contributed by atoms with E-state index in [1.807, 2.05) is 23.8 Å². The number of hydrogen-bond donors (Lipinski definition) is 1. The van der Waals surface area contributed by atoms with Crippen LogP contribution in [0.25, 0.3) is 0 Å². The lowest BCUT2D eigenvalue weighted by atomic mass is 10.2. The minimum atomic E-state index is -0.170. The molecule has 1 amide bonds. The summed E-state index contributed by atoms with van der Waals surface area (Å²) >= 11 is 1.56. The van der Waals surface area contributed by atoms with Crippen molar-refractivity contribution in [2.75, 3.05) is 0 Å². The summed E-state index contributed by atoms with van der Waals surface area (Å²) in [6.45, 7) is 4.72. The Hall–Kier alpha value is -1.76. The second-order valence-corrected chi connectivity index (χ2v) is 6.31. The van der Waals surface area contributed by atoms with Crippen molar-refractivity contribution in [3.8, 4) is 0 Å². The molecule has 0 bridgehead atoms. The normalized spacial score (nSPS) is 16.1. The number of fused-ring (bicyclic) bond motifs is 1. The number of carbonyl (C=O) groups excluding carboxylic acids is 1. The van der Waals surface area contributed by atoms with Crippen LogP contribution in [-0.4, -0.2) is 25.7 Å². The number of aryl methyl sites for hydroxylation is 2. The van der Waals surface area contributed by atoms with Crippen LogP contribution in [0.3, 0.4) is 0 Å². The topological polar surface area (TPSA) is 72.7 Å². The van der Waals surface area contributed by atoms with E-state index in [2.05, 4.69) is 20.5 Å². The van der Waals surface area contributed by atoms with Gasteiger partial charge < -0.3 is 9.88 Å². The van der Waals surface area contributed by atoms with Gasteiger partial charge in [0.05, 0.1) is 6.04 Å². The Kier molecular flexibility index (Phi) is 4.01. The molecule has 3 heterocycles. The second kappa shape index (κ2) is 5.93. The molecule has 0 spiro atoms. The van der Waals surface area contributed by atoms with Crippen molar-refractivity contribution < 1.29 is 4.79 Å². The highest BCUT2D eigenvalue weighted by molar-refractivity contribution is 7.09. The van der Waals surface area contributed by atoms with E-state index in [-0.39, 0.29) is 11.9 Å². The molecule has 0 aliphatic carbocycles. The van der Waals surface area contributed by atoms with Crippen LogP contribution in [0.1, 0.15) is 59.4 Å². The molecule has 0 saturated heterocycles. The van der Waals surface area contributed by atoms with Gasteiger partial charge in [-0.3, -0.25) is 4.79 Å². The van der Waals surface area contributed by atoms with Gasteiger partial charge in [-0.25, -0.2) is 4.98 Å². The summed E-state index contributed by atoms with van der Waals surface area (Å²) in [5, 5.41) is 14.1. The minimum Gasteiger partial charge on any atom is -0.340 e. The summed E-state index contributed by atoms with van der Waals surface area (Å²) in [5.74, 6) is 1.18. The Labute approximate surface area is 127 Å². The fourth-order valence-corrected chi connectivity index (χ4v) is 3.35. The minimum absolute atomic E-state index is 0.116. The van der Waals surface area contributed by atoms with Crippen LogP contribution in [-0.2, 0) is 13.0 Å². The van der Waals surface area contributed by atoms with Gasteiger partial charge in [-0.15, -0.1) is 21.5 Å². The van der Waals surface area contributed by atoms with Crippen LogP contribution in [0.4, 0.5) is 0 Å². The predicted octanol–water partition coefficient (Wildman–Crippen LogP) is 2.26. The Morgan fingerprint density at radius 3 is 3.00 bits per heavy atom. The smallest absolute Gasteiger partial charge is 0.289 e. The van der Waals surface area contributed by atoms with Gasteiger partial charge in [0.25, 0.3) is 5.91 Å². The third kappa shape index (κ3) is 2.97. The van der Waals surface area contributed by atoms with Crippen molar-refractivity contribution in [3.63, 3.8) is 0 Å². The van der Waals surface area contributed by atoms with Gasteiger partial charge in [0, 0.05) is 24.0 Å². The van der Waals surface area contributed by atoms with Crippen molar-refractivity contribution in [3.05, 3.63) is 27.7 Å². The third-order valence-corrected chi connectivity index (χ3v) is 4.81. The van der Waals surface area contributed by atoms with Gasteiger partial charge in [0.15, 0.2) is 0 Å². The second-order valence-electron chi connectivity index (χ2n) is 5.42. The first-order chi connectivity index (χ1) is 10.1. The summed E-state index contributed by atoms with van der Waals surface area (Å²) in [5.41, 5.74) is 0.979. The lowest BCUT2D eigenvalue weighted by Crippen LogP contribution is -2.29. The molecule has 0 saturated carbocycles. The molecule has 21 heavy (non-hydrogen) atoms. The zero-order valence-electron chi connectivity index (χ0n) is 12.3. The number of hydrogen-bond acceptors (Lipinski definition) is 5. The molecule has 1 aliphatic rings. The van der Waals surface area contributed by atoms with Gasteiger partial charge >= 0.3 is 0 Å². The average Bonchev–Trinajstić information content (AvgIpc) is 2.99. The van der Waals surface area contributed by atoms with Gasteiger partial charge in [-0.1, -0.05) is 6.42 Å². The van der Waals surface area contributed by atoms with E-state index >= 15 is 0 Å². The lowest BCUT2D eigenvalue weighted by molar-refractivity contribution is 0.0924. The number of rotatable bonds is 3. The molecule has 2 aromatic heterocycles. The Bertz CT molecular complexity index is 648. The molecular formula is C14H19N5OS. The molecule has 112 valence electrons. The first-order valence-corrected chi connectivity index (χ1v) is 8.18. The number of thiazole rings is 1. The molecular weight excluding hydrogens is 286 g/mol. The highest BCUT2D eigenvalue weighted by atomic mass is 32.1. The van der Waals surface area contributed by atoms with Gasteiger partial charge in [0.1, 0.15) is 10.8 Å². The Balaban J connectivity index is 1.75. The van der Waals surface area contributed by atoms with Gasteiger partial charge in [-0.05, 0) is 26.7 Å². The highest BCUT2D eigenvalue weighted by Gasteiger charge is 2.22. The van der Waals surface area contributed by atoms with Crippen molar-refractivity contribution in [2.24, 2.45) is 0 Å². The number of nitrogens with one attached hydrogen (secondary N) is 1. The standard InChI is InChI=1S/C14H19N5OS/c1-9-8-21-14(15-9)10(2)16-13(20)12-18-17-11-6-4-3-5-7-19(11)12/h8,10H,3-7H2,1-2H3,(H,16,20). The van der Waals surface area contributed by atoms with Crippen LogP contribution in [0.2, 0.25) is 0 Å². The predicted molar refractivity (Wildman–Crippen MR) is 80.3 cm³/mol. The highest BCUT2D eigenvalue weighted by Crippen LogP contribution is 2.19. The van der Waals surface area contributed by atoms with Crippen molar-refractivity contribution >= 4 is 17.2 Å². The number of nitrogens with zero attached hydrogens (tertiary/aromatic N) is 4. The molecule has 1 aliphatic heterocycles.